The van der Waals surface area contributed by atoms with Gasteiger partial charge in [-0.25, -0.2) is 0 Å². The lowest BCUT2D eigenvalue weighted by Gasteiger charge is -2.23. The molecule has 2 aromatic carbocycles. The molecule has 3 unspecified atom stereocenters. The SMILES string of the molecule is NC(Cc1ccc(O)cc1)C(=O)NC(CO)C(=O)NC(Cc1ccc(O)cc1)C(=O)NCC(=O)O. The summed E-state index contributed by atoms with van der Waals surface area (Å²) in [5.41, 5.74) is 7.12. The first kappa shape index (κ1) is 27.1. The number of nitrogens with two attached hydrogens (primary N) is 1. The molecule has 188 valence electrons. The molecule has 3 atom stereocenters. The molecule has 9 N–H and O–H groups in total. The van der Waals surface area contributed by atoms with Gasteiger partial charge in [-0.3, -0.25) is 19.2 Å². The Bertz CT molecular complexity index is 1030. The highest BCUT2D eigenvalue weighted by molar-refractivity contribution is 5.94. The number of phenols is 2. The lowest BCUT2D eigenvalue weighted by Crippen LogP contribution is -2.57. The average molecular weight is 488 g/mol. The second kappa shape index (κ2) is 12.9. The van der Waals surface area contributed by atoms with Crippen molar-refractivity contribution in [3.8, 4) is 11.5 Å². The number of amides is 3. The van der Waals surface area contributed by atoms with Crippen molar-refractivity contribution in [1.82, 2.24) is 16.0 Å². The van der Waals surface area contributed by atoms with Gasteiger partial charge in [-0.2, -0.15) is 0 Å². The number of carboxylic acids is 1. The molecule has 0 aliphatic carbocycles. The number of hydrogen-bond donors (Lipinski definition) is 8. The van der Waals surface area contributed by atoms with Crippen LogP contribution in [0.1, 0.15) is 11.1 Å². The molecule has 2 rings (SSSR count). The van der Waals surface area contributed by atoms with Crippen LogP contribution in [0.25, 0.3) is 0 Å². The Morgan fingerprint density at radius 2 is 1.23 bits per heavy atom. The number of nitrogens with one attached hydrogen (secondary N) is 3. The number of carbonyl (C=O) groups excluding carboxylic acids is 3. The van der Waals surface area contributed by atoms with Crippen LogP contribution < -0.4 is 21.7 Å². The molecule has 0 aliphatic heterocycles. The zero-order valence-electron chi connectivity index (χ0n) is 18.7. The fraction of sp³-hybridized carbons (Fsp3) is 0.304. The summed E-state index contributed by atoms with van der Waals surface area (Å²) in [5, 5.41) is 44.1. The molecule has 0 spiro atoms. The van der Waals surface area contributed by atoms with Gasteiger partial charge in [-0.1, -0.05) is 24.3 Å². The fourth-order valence-electron chi connectivity index (χ4n) is 3.09. The molecule has 0 aromatic heterocycles. The van der Waals surface area contributed by atoms with Crippen molar-refractivity contribution in [1.29, 1.82) is 0 Å². The minimum atomic E-state index is -1.43. The standard InChI is InChI=1S/C23H28N4O8/c24-17(9-13-1-5-15(29)6-2-13)21(33)27-19(12-28)23(35)26-18(22(34)25-11-20(31)32)10-14-3-7-16(30)8-4-14/h1-8,17-19,28-30H,9-12,24H2,(H,25,34)(H,26,35)(H,27,33)(H,31,32). The molecule has 35 heavy (non-hydrogen) atoms. The Labute approximate surface area is 200 Å². The van der Waals surface area contributed by atoms with E-state index in [4.69, 9.17) is 10.8 Å². The highest BCUT2D eigenvalue weighted by Crippen LogP contribution is 2.12. The third-order valence-corrected chi connectivity index (χ3v) is 4.97. The van der Waals surface area contributed by atoms with Gasteiger partial charge >= 0.3 is 5.97 Å². The highest BCUT2D eigenvalue weighted by Gasteiger charge is 2.28. The molecule has 0 bridgehead atoms. The minimum Gasteiger partial charge on any atom is -0.508 e. The fourth-order valence-corrected chi connectivity index (χ4v) is 3.09. The molecule has 0 aliphatic rings. The van der Waals surface area contributed by atoms with E-state index in [0.717, 1.165) is 0 Å². The van der Waals surface area contributed by atoms with Crippen LogP contribution in [0, 0.1) is 0 Å². The van der Waals surface area contributed by atoms with E-state index >= 15 is 0 Å². The number of carboxylic acid groups (broad SMARTS) is 1. The monoisotopic (exact) mass is 488 g/mol. The van der Waals surface area contributed by atoms with Gasteiger partial charge in [0.25, 0.3) is 0 Å². The molecule has 0 saturated carbocycles. The number of benzene rings is 2. The molecular formula is C23H28N4O8. The number of phenolic OH excluding ortho intramolecular Hbond substituents is 2. The van der Waals surface area contributed by atoms with E-state index in [0.29, 0.717) is 11.1 Å². The maximum absolute atomic E-state index is 12.7. The first-order chi connectivity index (χ1) is 16.6. The number of carbonyl (C=O) groups is 4. The first-order valence-electron chi connectivity index (χ1n) is 10.6. The quantitative estimate of drug-likeness (QED) is 0.172. The molecule has 3 amide bonds. The molecule has 0 saturated heterocycles. The molecule has 0 fully saturated rings. The van der Waals surface area contributed by atoms with Gasteiger partial charge in [0.1, 0.15) is 30.1 Å². The predicted octanol–water partition coefficient (Wildman–Crippen LogP) is -1.63. The van der Waals surface area contributed by atoms with Crippen molar-refractivity contribution >= 4 is 23.7 Å². The Hall–Kier alpha value is -4.16. The third-order valence-electron chi connectivity index (χ3n) is 4.97. The Morgan fingerprint density at radius 3 is 1.71 bits per heavy atom. The Balaban J connectivity index is 2.05. The predicted molar refractivity (Wildman–Crippen MR) is 123 cm³/mol. The van der Waals surface area contributed by atoms with Crippen LogP contribution in [-0.2, 0) is 32.0 Å². The summed E-state index contributed by atoms with van der Waals surface area (Å²) in [4.78, 5) is 48.5. The van der Waals surface area contributed by atoms with Gasteiger partial charge in [0.05, 0.1) is 12.6 Å². The minimum absolute atomic E-state index is 0.00337. The van der Waals surface area contributed by atoms with Crippen molar-refractivity contribution in [2.45, 2.75) is 31.0 Å². The molecule has 0 radical (unpaired) electrons. The van der Waals surface area contributed by atoms with Crippen molar-refractivity contribution in [3.63, 3.8) is 0 Å². The van der Waals surface area contributed by atoms with Crippen LogP contribution in [0.15, 0.2) is 48.5 Å². The smallest absolute Gasteiger partial charge is 0.322 e. The first-order valence-corrected chi connectivity index (χ1v) is 10.6. The summed E-state index contributed by atoms with van der Waals surface area (Å²) in [6, 6.07) is 8.13. The summed E-state index contributed by atoms with van der Waals surface area (Å²) >= 11 is 0. The normalized spacial score (nSPS) is 13.2. The highest BCUT2D eigenvalue weighted by atomic mass is 16.4. The number of aliphatic carboxylic acids is 1. The zero-order chi connectivity index (χ0) is 26.0. The van der Waals surface area contributed by atoms with Crippen LogP contribution >= 0.6 is 0 Å². The van der Waals surface area contributed by atoms with Crippen LogP contribution in [0.3, 0.4) is 0 Å². The van der Waals surface area contributed by atoms with Gasteiger partial charge in [-0.05, 0) is 41.8 Å². The third kappa shape index (κ3) is 8.95. The summed E-state index contributed by atoms with van der Waals surface area (Å²) in [6.45, 7) is -1.46. The molecule has 0 heterocycles. The van der Waals surface area contributed by atoms with E-state index in [1.165, 1.54) is 36.4 Å². The number of rotatable bonds is 12. The summed E-state index contributed by atoms with van der Waals surface area (Å²) in [7, 11) is 0. The second-order valence-electron chi connectivity index (χ2n) is 7.76. The summed E-state index contributed by atoms with van der Waals surface area (Å²) < 4.78 is 0. The van der Waals surface area contributed by atoms with E-state index in [-0.39, 0.29) is 24.3 Å². The lowest BCUT2D eigenvalue weighted by atomic mass is 10.0. The van der Waals surface area contributed by atoms with Gasteiger partial charge in [0.2, 0.25) is 17.7 Å². The van der Waals surface area contributed by atoms with Crippen LogP contribution in [-0.4, -0.2) is 75.4 Å². The van der Waals surface area contributed by atoms with Gasteiger partial charge in [0.15, 0.2) is 0 Å². The van der Waals surface area contributed by atoms with Crippen LogP contribution in [0.4, 0.5) is 0 Å². The van der Waals surface area contributed by atoms with Gasteiger partial charge in [-0.15, -0.1) is 0 Å². The van der Waals surface area contributed by atoms with Crippen LogP contribution in [0.5, 0.6) is 11.5 Å². The molecule has 12 heteroatoms. The molecule has 2 aromatic rings. The van der Waals surface area contributed by atoms with E-state index < -0.39 is 55.0 Å². The van der Waals surface area contributed by atoms with Gasteiger partial charge < -0.3 is 42.1 Å². The zero-order valence-corrected chi connectivity index (χ0v) is 18.7. The number of aliphatic hydroxyl groups excluding tert-OH is 1. The number of aromatic hydroxyl groups is 2. The lowest BCUT2D eigenvalue weighted by molar-refractivity contribution is -0.138. The summed E-state index contributed by atoms with van der Waals surface area (Å²) in [5.74, 6) is -3.63. The van der Waals surface area contributed by atoms with E-state index in [2.05, 4.69) is 16.0 Å². The average Bonchev–Trinajstić information content (AvgIpc) is 2.82. The van der Waals surface area contributed by atoms with Crippen molar-refractivity contribution in [2.75, 3.05) is 13.2 Å². The maximum atomic E-state index is 12.7. The van der Waals surface area contributed by atoms with E-state index in [1.807, 2.05) is 0 Å². The van der Waals surface area contributed by atoms with E-state index in [1.54, 1.807) is 12.1 Å². The van der Waals surface area contributed by atoms with Gasteiger partial charge in [0, 0.05) is 6.42 Å². The van der Waals surface area contributed by atoms with Crippen molar-refractivity contribution in [3.05, 3.63) is 59.7 Å². The Kier molecular flexibility index (Phi) is 9.99. The topological polar surface area (TPSA) is 211 Å². The molecule has 12 nitrogen and oxygen atoms in total. The van der Waals surface area contributed by atoms with E-state index in [9.17, 15) is 34.5 Å². The number of aliphatic hydroxyl groups is 1. The summed E-state index contributed by atoms with van der Waals surface area (Å²) in [6.07, 6.45) is 0.0525. The Morgan fingerprint density at radius 1 is 0.743 bits per heavy atom. The number of hydrogen-bond acceptors (Lipinski definition) is 8. The van der Waals surface area contributed by atoms with Crippen molar-refractivity contribution in [2.24, 2.45) is 5.73 Å². The molecular weight excluding hydrogens is 460 g/mol. The second-order valence-corrected chi connectivity index (χ2v) is 7.76. The van der Waals surface area contributed by atoms with Crippen LogP contribution in [0.2, 0.25) is 0 Å². The van der Waals surface area contributed by atoms with Crippen molar-refractivity contribution < 1.29 is 39.6 Å². The largest absolute Gasteiger partial charge is 0.508 e. The maximum Gasteiger partial charge on any atom is 0.322 e.